The van der Waals surface area contributed by atoms with Gasteiger partial charge in [-0.1, -0.05) is 43.9 Å². The topological polar surface area (TPSA) is 12.0 Å². The van der Waals surface area contributed by atoms with Gasteiger partial charge in [-0.25, -0.2) is 4.39 Å². The van der Waals surface area contributed by atoms with Crippen LogP contribution in [-0.2, 0) is 5.41 Å². The fourth-order valence-corrected chi connectivity index (χ4v) is 4.86. The zero-order valence-corrected chi connectivity index (χ0v) is 12.6. The molecular formula is C18H26FN. The first kappa shape index (κ1) is 14.1. The Morgan fingerprint density at radius 1 is 1.05 bits per heavy atom. The van der Waals surface area contributed by atoms with Crippen LogP contribution in [0.25, 0.3) is 0 Å². The van der Waals surface area contributed by atoms with E-state index in [1.807, 2.05) is 19.2 Å². The Bertz CT molecular complexity index is 452. The molecule has 2 heteroatoms. The second kappa shape index (κ2) is 5.48. The van der Waals surface area contributed by atoms with Gasteiger partial charge < -0.3 is 5.32 Å². The van der Waals surface area contributed by atoms with Gasteiger partial charge in [0.05, 0.1) is 0 Å². The lowest BCUT2D eigenvalue weighted by atomic mass is 9.48. The zero-order chi connectivity index (χ0) is 14.1. The molecule has 0 atom stereocenters. The summed E-state index contributed by atoms with van der Waals surface area (Å²) in [5.74, 6) is -0.0220. The smallest absolute Gasteiger partial charge is 0.127 e. The largest absolute Gasteiger partial charge is 0.319 e. The van der Waals surface area contributed by atoms with Crippen LogP contribution >= 0.6 is 0 Å². The van der Waals surface area contributed by atoms with Crippen molar-refractivity contribution in [3.8, 4) is 0 Å². The van der Waals surface area contributed by atoms with Crippen molar-refractivity contribution in [1.29, 1.82) is 0 Å². The Morgan fingerprint density at radius 3 is 2.30 bits per heavy atom. The van der Waals surface area contributed by atoms with Crippen molar-refractivity contribution < 1.29 is 4.39 Å². The molecule has 3 rings (SSSR count). The number of hydrogen-bond donors (Lipinski definition) is 1. The van der Waals surface area contributed by atoms with E-state index < -0.39 is 0 Å². The third kappa shape index (κ3) is 2.39. The molecule has 2 aliphatic rings. The maximum absolute atomic E-state index is 14.2. The van der Waals surface area contributed by atoms with E-state index in [-0.39, 0.29) is 11.2 Å². The fraction of sp³-hybridized carbons (Fsp3) is 0.667. The van der Waals surface area contributed by atoms with E-state index in [0.29, 0.717) is 5.41 Å². The predicted molar refractivity (Wildman–Crippen MR) is 81.4 cm³/mol. The minimum atomic E-state index is -0.0220. The van der Waals surface area contributed by atoms with Crippen molar-refractivity contribution >= 4 is 0 Å². The van der Waals surface area contributed by atoms with Crippen LogP contribution in [0, 0.1) is 11.2 Å². The van der Waals surface area contributed by atoms with Gasteiger partial charge in [-0.3, -0.25) is 0 Å². The molecule has 0 aromatic heterocycles. The summed E-state index contributed by atoms with van der Waals surface area (Å²) in [5.41, 5.74) is 1.48. The second-order valence-electron chi connectivity index (χ2n) is 7.06. The maximum Gasteiger partial charge on any atom is 0.127 e. The summed E-state index contributed by atoms with van der Waals surface area (Å²) >= 11 is 0. The molecule has 0 bridgehead atoms. The molecule has 1 aromatic carbocycles. The van der Waals surface area contributed by atoms with Gasteiger partial charge in [0, 0.05) is 12.0 Å². The highest BCUT2D eigenvalue weighted by molar-refractivity contribution is 5.33. The lowest BCUT2D eigenvalue weighted by molar-refractivity contribution is 0.00521. The van der Waals surface area contributed by atoms with Gasteiger partial charge in [0.2, 0.25) is 0 Å². The van der Waals surface area contributed by atoms with Gasteiger partial charge in [0.15, 0.2) is 0 Å². The predicted octanol–water partition coefficient (Wildman–Crippen LogP) is 4.42. The van der Waals surface area contributed by atoms with Gasteiger partial charge >= 0.3 is 0 Å². The molecule has 2 fully saturated rings. The molecule has 0 saturated heterocycles. The summed E-state index contributed by atoms with van der Waals surface area (Å²) in [5, 5.41) is 3.31. The van der Waals surface area contributed by atoms with E-state index in [0.717, 1.165) is 12.1 Å². The van der Waals surface area contributed by atoms with E-state index in [1.54, 1.807) is 12.1 Å². The van der Waals surface area contributed by atoms with Crippen molar-refractivity contribution in [3.63, 3.8) is 0 Å². The minimum Gasteiger partial charge on any atom is -0.319 e. The Labute approximate surface area is 122 Å². The van der Waals surface area contributed by atoms with Crippen LogP contribution in [0.4, 0.5) is 4.39 Å². The van der Waals surface area contributed by atoms with Crippen LogP contribution in [0.15, 0.2) is 24.3 Å². The van der Waals surface area contributed by atoms with Crippen LogP contribution in [0.2, 0.25) is 0 Å². The SMILES string of the molecule is CNCC1(c2ccccc2F)CC2(CCCCCC2)C1. The molecule has 1 aromatic rings. The Balaban J connectivity index is 1.84. The van der Waals surface area contributed by atoms with Crippen LogP contribution in [-0.4, -0.2) is 13.6 Å². The van der Waals surface area contributed by atoms with Crippen molar-refractivity contribution in [2.24, 2.45) is 5.41 Å². The third-order valence-corrected chi connectivity index (χ3v) is 5.55. The first-order valence-electron chi connectivity index (χ1n) is 8.09. The molecule has 0 aliphatic heterocycles. The zero-order valence-electron chi connectivity index (χ0n) is 12.6. The lowest BCUT2D eigenvalue weighted by Crippen LogP contribution is -2.54. The quantitative estimate of drug-likeness (QED) is 0.861. The molecule has 2 aliphatic carbocycles. The van der Waals surface area contributed by atoms with E-state index in [4.69, 9.17) is 0 Å². The van der Waals surface area contributed by atoms with Gasteiger partial charge in [-0.2, -0.15) is 0 Å². The number of nitrogens with one attached hydrogen (secondary N) is 1. The normalized spacial score (nSPS) is 24.1. The van der Waals surface area contributed by atoms with Crippen molar-refractivity contribution in [1.82, 2.24) is 5.32 Å². The summed E-state index contributed by atoms with van der Waals surface area (Å²) in [6, 6.07) is 7.39. The first-order valence-corrected chi connectivity index (χ1v) is 8.09. The van der Waals surface area contributed by atoms with E-state index in [1.165, 1.54) is 51.4 Å². The Kier molecular flexibility index (Phi) is 3.85. The van der Waals surface area contributed by atoms with Gasteiger partial charge in [-0.05, 0) is 49.8 Å². The van der Waals surface area contributed by atoms with Crippen LogP contribution < -0.4 is 5.32 Å². The molecule has 0 radical (unpaired) electrons. The average molecular weight is 275 g/mol. The third-order valence-electron chi connectivity index (χ3n) is 5.55. The summed E-state index contributed by atoms with van der Waals surface area (Å²) < 4.78 is 14.2. The van der Waals surface area contributed by atoms with Crippen molar-refractivity contribution in [3.05, 3.63) is 35.6 Å². The molecule has 0 unspecified atom stereocenters. The summed E-state index contributed by atoms with van der Waals surface area (Å²) in [6.07, 6.45) is 10.6. The molecule has 0 heterocycles. The molecule has 1 spiro atoms. The van der Waals surface area contributed by atoms with Crippen LogP contribution in [0.3, 0.4) is 0 Å². The monoisotopic (exact) mass is 275 g/mol. The number of benzene rings is 1. The standard InChI is InChI=1S/C18H26FN/c1-20-14-18(15-8-4-5-9-16(15)19)12-17(13-18)10-6-2-3-7-11-17/h4-5,8-9,20H,2-3,6-7,10-14H2,1H3. The van der Waals surface area contributed by atoms with Gasteiger partial charge in [-0.15, -0.1) is 0 Å². The Morgan fingerprint density at radius 2 is 1.70 bits per heavy atom. The highest BCUT2D eigenvalue weighted by Crippen LogP contribution is 2.61. The van der Waals surface area contributed by atoms with E-state index in [2.05, 4.69) is 5.32 Å². The van der Waals surface area contributed by atoms with Crippen LogP contribution in [0.5, 0.6) is 0 Å². The van der Waals surface area contributed by atoms with Crippen LogP contribution in [0.1, 0.15) is 56.9 Å². The molecule has 20 heavy (non-hydrogen) atoms. The minimum absolute atomic E-state index is 0.0220. The average Bonchev–Trinajstić information content (AvgIpc) is 2.64. The van der Waals surface area contributed by atoms with Crippen molar-refractivity contribution in [2.45, 2.75) is 56.8 Å². The molecule has 0 amide bonds. The molecule has 1 nitrogen and oxygen atoms in total. The highest BCUT2D eigenvalue weighted by Gasteiger charge is 2.54. The number of likely N-dealkylation sites (N-methyl/N-ethyl adjacent to an activating group) is 1. The summed E-state index contributed by atoms with van der Waals surface area (Å²) in [6.45, 7) is 0.898. The molecule has 110 valence electrons. The molecule has 2 saturated carbocycles. The summed E-state index contributed by atoms with van der Waals surface area (Å²) in [7, 11) is 1.99. The van der Waals surface area contributed by atoms with Gasteiger partial charge in [0.25, 0.3) is 0 Å². The van der Waals surface area contributed by atoms with E-state index >= 15 is 0 Å². The second-order valence-corrected chi connectivity index (χ2v) is 7.06. The lowest BCUT2D eigenvalue weighted by Gasteiger charge is -2.57. The summed E-state index contributed by atoms with van der Waals surface area (Å²) in [4.78, 5) is 0. The number of hydrogen-bond acceptors (Lipinski definition) is 1. The number of halogens is 1. The fourth-order valence-electron chi connectivity index (χ4n) is 4.86. The highest BCUT2D eigenvalue weighted by atomic mass is 19.1. The molecular weight excluding hydrogens is 249 g/mol. The first-order chi connectivity index (χ1) is 9.70. The maximum atomic E-state index is 14.2. The molecule has 1 N–H and O–H groups in total. The number of rotatable bonds is 3. The van der Waals surface area contributed by atoms with E-state index in [9.17, 15) is 4.39 Å². The van der Waals surface area contributed by atoms with Crippen molar-refractivity contribution in [2.75, 3.05) is 13.6 Å². The Hall–Kier alpha value is -0.890. The van der Waals surface area contributed by atoms with Gasteiger partial charge in [0.1, 0.15) is 5.82 Å².